The van der Waals surface area contributed by atoms with E-state index >= 15 is 0 Å². The number of para-hydroxylation sites is 1. The molecule has 2 nitrogen and oxygen atoms in total. The van der Waals surface area contributed by atoms with Crippen molar-refractivity contribution in [2.24, 2.45) is 0 Å². The monoisotopic (exact) mass is 309 g/mol. The molecule has 18 heavy (non-hydrogen) atoms. The Hall–Kier alpha value is -1.55. The minimum atomic E-state index is -0.332. The highest BCUT2D eigenvalue weighted by Gasteiger charge is 2.00. The molecule has 2 rings (SSSR count). The molecular weight excluding hydrogens is 297 g/mol. The molecule has 0 aromatic heterocycles. The smallest absolute Gasteiger partial charge is 0.165 e. The average molecular weight is 310 g/mol. The normalized spacial score (nSPS) is 10.1. The Morgan fingerprint density at radius 1 is 1.06 bits per heavy atom. The lowest BCUT2D eigenvalue weighted by Gasteiger charge is -2.09. The fourth-order valence-electron chi connectivity index (χ4n) is 1.49. The van der Waals surface area contributed by atoms with Gasteiger partial charge in [-0.15, -0.1) is 0 Å². The number of ether oxygens (including phenoxy) is 1. The summed E-state index contributed by atoms with van der Waals surface area (Å²) in [6.07, 6.45) is 0. The number of halogens is 2. The Balaban J connectivity index is 1.76. The summed E-state index contributed by atoms with van der Waals surface area (Å²) in [5.41, 5.74) is 1.01. The molecule has 0 spiro atoms. The zero-order chi connectivity index (χ0) is 12.8. The Morgan fingerprint density at radius 2 is 1.78 bits per heavy atom. The van der Waals surface area contributed by atoms with Crippen molar-refractivity contribution in [3.63, 3.8) is 0 Å². The van der Waals surface area contributed by atoms with Crippen LogP contribution in [0.3, 0.4) is 0 Å². The van der Waals surface area contributed by atoms with Crippen LogP contribution in [0.2, 0.25) is 0 Å². The number of hydrogen-bond acceptors (Lipinski definition) is 2. The van der Waals surface area contributed by atoms with Gasteiger partial charge in [0.2, 0.25) is 0 Å². The molecule has 0 saturated carbocycles. The molecule has 0 heterocycles. The summed E-state index contributed by atoms with van der Waals surface area (Å²) < 4.78 is 19.6. The standard InChI is InChI=1S/C14H13BrFNO/c15-11-5-7-12(8-6-11)17-9-10-18-14-4-2-1-3-13(14)16/h1-8,17H,9-10H2. The molecule has 0 fully saturated rings. The second kappa shape index (κ2) is 6.40. The number of nitrogens with one attached hydrogen (secondary N) is 1. The molecule has 94 valence electrons. The van der Waals surface area contributed by atoms with Crippen LogP contribution in [-0.4, -0.2) is 13.2 Å². The maximum Gasteiger partial charge on any atom is 0.165 e. The fourth-order valence-corrected chi connectivity index (χ4v) is 1.75. The summed E-state index contributed by atoms with van der Waals surface area (Å²) in [7, 11) is 0. The predicted molar refractivity (Wildman–Crippen MR) is 74.5 cm³/mol. The second-order valence-corrected chi connectivity index (χ2v) is 4.63. The number of benzene rings is 2. The Kier molecular flexibility index (Phi) is 4.59. The Morgan fingerprint density at radius 3 is 2.50 bits per heavy atom. The molecule has 0 radical (unpaired) electrons. The van der Waals surface area contributed by atoms with Crippen molar-refractivity contribution < 1.29 is 9.13 Å². The summed E-state index contributed by atoms with van der Waals surface area (Å²) in [6, 6.07) is 14.2. The van der Waals surface area contributed by atoms with Crippen LogP contribution in [0.25, 0.3) is 0 Å². The van der Waals surface area contributed by atoms with E-state index in [2.05, 4.69) is 21.2 Å². The largest absolute Gasteiger partial charge is 0.489 e. The average Bonchev–Trinajstić information content (AvgIpc) is 2.39. The summed E-state index contributed by atoms with van der Waals surface area (Å²) in [4.78, 5) is 0. The van der Waals surface area contributed by atoms with E-state index in [0.29, 0.717) is 13.2 Å². The zero-order valence-electron chi connectivity index (χ0n) is 9.70. The van der Waals surface area contributed by atoms with Gasteiger partial charge in [0.1, 0.15) is 6.61 Å². The first-order chi connectivity index (χ1) is 8.75. The van der Waals surface area contributed by atoms with Crippen molar-refractivity contribution in [3.05, 3.63) is 58.8 Å². The van der Waals surface area contributed by atoms with Gasteiger partial charge in [0.15, 0.2) is 11.6 Å². The van der Waals surface area contributed by atoms with E-state index < -0.39 is 0 Å². The van der Waals surface area contributed by atoms with Crippen molar-refractivity contribution in [3.8, 4) is 5.75 Å². The minimum Gasteiger partial charge on any atom is -0.489 e. The van der Waals surface area contributed by atoms with E-state index in [1.165, 1.54) is 6.07 Å². The molecular formula is C14H13BrFNO. The molecule has 0 aliphatic heterocycles. The molecule has 0 unspecified atom stereocenters. The molecule has 2 aromatic carbocycles. The first-order valence-corrected chi connectivity index (χ1v) is 6.42. The van der Waals surface area contributed by atoms with Gasteiger partial charge in [0.05, 0.1) is 0 Å². The van der Waals surface area contributed by atoms with Gasteiger partial charge in [-0.05, 0) is 36.4 Å². The summed E-state index contributed by atoms with van der Waals surface area (Å²) in [6.45, 7) is 1.03. The fraction of sp³-hybridized carbons (Fsp3) is 0.143. The number of rotatable bonds is 5. The van der Waals surface area contributed by atoms with E-state index in [4.69, 9.17) is 4.74 Å². The molecule has 4 heteroatoms. The van der Waals surface area contributed by atoms with Crippen LogP contribution in [-0.2, 0) is 0 Å². The highest BCUT2D eigenvalue weighted by molar-refractivity contribution is 9.10. The molecule has 0 atom stereocenters. The van der Waals surface area contributed by atoms with Gasteiger partial charge in [-0.2, -0.15) is 0 Å². The lowest BCUT2D eigenvalue weighted by molar-refractivity contribution is 0.315. The van der Waals surface area contributed by atoms with Crippen molar-refractivity contribution >= 4 is 21.6 Å². The third-order valence-corrected chi connectivity index (χ3v) is 2.90. The summed E-state index contributed by atoms with van der Waals surface area (Å²) >= 11 is 3.37. The van der Waals surface area contributed by atoms with Gasteiger partial charge >= 0.3 is 0 Å². The molecule has 0 aliphatic rings. The highest BCUT2D eigenvalue weighted by atomic mass is 79.9. The van der Waals surface area contributed by atoms with Gasteiger partial charge in [0.25, 0.3) is 0 Å². The SMILES string of the molecule is Fc1ccccc1OCCNc1ccc(Br)cc1. The minimum absolute atomic E-state index is 0.287. The molecule has 2 aromatic rings. The van der Waals surface area contributed by atoms with E-state index in [9.17, 15) is 4.39 Å². The van der Waals surface area contributed by atoms with Crippen molar-refractivity contribution in [2.45, 2.75) is 0 Å². The van der Waals surface area contributed by atoms with Crippen LogP contribution in [0.4, 0.5) is 10.1 Å². The van der Waals surface area contributed by atoms with Crippen LogP contribution >= 0.6 is 15.9 Å². The Bertz CT molecular complexity index is 501. The van der Waals surface area contributed by atoms with Crippen LogP contribution < -0.4 is 10.1 Å². The topological polar surface area (TPSA) is 21.3 Å². The second-order valence-electron chi connectivity index (χ2n) is 3.71. The van der Waals surface area contributed by atoms with E-state index in [0.717, 1.165) is 10.2 Å². The lowest BCUT2D eigenvalue weighted by Crippen LogP contribution is -2.11. The maximum absolute atomic E-state index is 13.2. The third-order valence-electron chi connectivity index (χ3n) is 2.37. The van der Waals surface area contributed by atoms with Crippen molar-refractivity contribution in [1.29, 1.82) is 0 Å². The maximum atomic E-state index is 13.2. The molecule has 0 aliphatic carbocycles. The zero-order valence-corrected chi connectivity index (χ0v) is 11.3. The molecule has 0 bridgehead atoms. The van der Waals surface area contributed by atoms with E-state index in [1.54, 1.807) is 18.2 Å². The van der Waals surface area contributed by atoms with Crippen LogP contribution in [0, 0.1) is 5.82 Å². The Labute approximate surface area is 114 Å². The number of anilines is 1. The van der Waals surface area contributed by atoms with Gasteiger partial charge in [-0.3, -0.25) is 0 Å². The van der Waals surface area contributed by atoms with Crippen LogP contribution in [0.1, 0.15) is 0 Å². The molecule has 1 N–H and O–H groups in total. The predicted octanol–water partition coefficient (Wildman–Crippen LogP) is 4.08. The highest BCUT2D eigenvalue weighted by Crippen LogP contribution is 2.16. The van der Waals surface area contributed by atoms with Crippen LogP contribution in [0.15, 0.2) is 53.0 Å². The van der Waals surface area contributed by atoms with Gasteiger partial charge in [0, 0.05) is 16.7 Å². The van der Waals surface area contributed by atoms with Gasteiger partial charge in [-0.25, -0.2) is 4.39 Å². The third kappa shape index (κ3) is 3.74. The van der Waals surface area contributed by atoms with E-state index in [-0.39, 0.29) is 11.6 Å². The summed E-state index contributed by atoms with van der Waals surface area (Å²) in [5, 5.41) is 3.19. The van der Waals surface area contributed by atoms with Crippen LogP contribution in [0.5, 0.6) is 5.75 Å². The van der Waals surface area contributed by atoms with Gasteiger partial charge in [-0.1, -0.05) is 28.1 Å². The lowest BCUT2D eigenvalue weighted by atomic mass is 10.3. The van der Waals surface area contributed by atoms with Gasteiger partial charge < -0.3 is 10.1 Å². The molecule has 0 saturated heterocycles. The number of hydrogen-bond donors (Lipinski definition) is 1. The van der Waals surface area contributed by atoms with Crippen molar-refractivity contribution in [2.75, 3.05) is 18.5 Å². The summed E-state index contributed by atoms with van der Waals surface area (Å²) in [5.74, 6) is -0.0451. The van der Waals surface area contributed by atoms with Crippen molar-refractivity contribution in [1.82, 2.24) is 0 Å². The first-order valence-electron chi connectivity index (χ1n) is 5.62. The quantitative estimate of drug-likeness (QED) is 0.840. The molecule has 0 amide bonds. The first kappa shape index (κ1) is 12.9. The van der Waals surface area contributed by atoms with E-state index in [1.807, 2.05) is 24.3 Å².